The van der Waals surface area contributed by atoms with Gasteiger partial charge < -0.3 is 0 Å². The Bertz CT molecular complexity index is 350. The van der Waals surface area contributed by atoms with Crippen molar-refractivity contribution in [3.05, 3.63) is 18.0 Å². The standard InChI is InChI=1S/C11H16N2O/c1-3-8-13-9(4-7-12-13)10(14)11(2)5-6-11/h4,7H,3,5-6,8H2,1-2H3. The molecule has 1 aromatic rings. The third kappa shape index (κ3) is 1.47. The highest BCUT2D eigenvalue weighted by Gasteiger charge is 2.46. The summed E-state index contributed by atoms with van der Waals surface area (Å²) in [6.07, 6.45) is 4.79. The van der Waals surface area contributed by atoms with Crippen molar-refractivity contribution in [3.8, 4) is 0 Å². The van der Waals surface area contributed by atoms with Crippen LogP contribution in [0.25, 0.3) is 0 Å². The van der Waals surface area contributed by atoms with E-state index in [2.05, 4.69) is 12.0 Å². The summed E-state index contributed by atoms with van der Waals surface area (Å²) in [5.74, 6) is 0.267. The first-order valence-corrected chi connectivity index (χ1v) is 5.24. The first kappa shape index (κ1) is 9.44. The van der Waals surface area contributed by atoms with Gasteiger partial charge in [-0.1, -0.05) is 13.8 Å². The Kier molecular flexibility index (Phi) is 2.17. The lowest BCUT2D eigenvalue weighted by Crippen LogP contribution is -2.17. The monoisotopic (exact) mass is 192 g/mol. The van der Waals surface area contributed by atoms with E-state index in [1.807, 2.05) is 17.7 Å². The second kappa shape index (κ2) is 3.23. The van der Waals surface area contributed by atoms with Gasteiger partial charge in [0.2, 0.25) is 0 Å². The van der Waals surface area contributed by atoms with Gasteiger partial charge in [-0.3, -0.25) is 9.48 Å². The van der Waals surface area contributed by atoms with Crippen LogP contribution in [-0.2, 0) is 6.54 Å². The largest absolute Gasteiger partial charge is 0.292 e. The topological polar surface area (TPSA) is 34.9 Å². The fourth-order valence-electron chi connectivity index (χ4n) is 1.64. The third-order valence-corrected chi connectivity index (χ3v) is 2.93. The molecule has 76 valence electrons. The number of hydrogen-bond acceptors (Lipinski definition) is 2. The van der Waals surface area contributed by atoms with E-state index in [4.69, 9.17) is 0 Å². The summed E-state index contributed by atoms with van der Waals surface area (Å²) >= 11 is 0. The summed E-state index contributed by atoms with van der Waals surface area (Å²) in [5.41, 5.74) is 0.706. The van der Waals surface area contributed by atoms with Gasteiger partial charge in [0.15, 0.2) is 5.78 Å². The maximum atomic E-state index is 12.0. The average Bonchev–Trinajstić information content (AvgIpc) is 2.76. The number of carbonyl (C=O) groups excluding carboxylic acids is 1. The third-order valence-electron chi connectivity index (χ3n) is 2.93. The summed E-state index contributed by atoms with van der Waals surface area (Å²) in [6.45, 7) is 4.97. The molecule has 1 fully saturated rings. The average molecular weight is 192 g/mol. The molecule has 0 unspecified atom stereocenters. The molecule has 0 saturated heterocycles. The Morgan fingerprint density at radius 1 is 1.64 bits per heavy atom. The van der Waals surface area contributed by atoms with Crippen LogP contribution in [0.2, 0.25) is 0 Å². The van der Waals surface area contributed by atoms with Crippen molar-refractivity contribution in [1.29, 1.82) is 0 Å². The van der Waals surface area contributed by atoms with Crippen molar-refractivity contribution < 1.29 is 4.79 Å². The van der Waals surface area contributed by atoms with Gasteiger partial charge in [0.05, 0.1) is 0 Å². The van der Waals surface area contributed by atoms with Crippen molar-refractivity contribution in [3.63, 3.8) is 0 Å². The number of aryl methyl sites for hydroxylation is 1. The molecule has 0 bridgehead atoms. The van der Waals surface area contributed by atoms with Crippen molar-refractivity contribution in [1.82, 2.24) is 9.78 Å². The highest BCUT2D eigenvalue weighted by atomic mass is 16.1. The van der Waals surface area contributed by atoms with E-state index in [0.717, 1.165) is 31.5 Å². The van der Waals surface area contributed by atoms with E-state index in [9.17, 15) is 4.79 Å². The molecule has 0 amide bonds. The molecule has 0 aliphatic heterocycles. The number of Topliss-reactive ketones (excluding diaryl/α,β-unsaturated/α-hetero) is 1. The minimum atomic E-state index is -0.0779. The number of hydrogen-bond donors (Lipinski definition) is 0. The summed E-state index contributed by atoms with van der Waals surface area (Å²) in [4.78, 5) is 12.0. The normalized spacial score (nSPS) is 18.1. The number of carbonyl (C=O) groups is 1. The molecule has 2 rings (SSSR count). The minimum Gasteiger partial charge on any atom is -0.292 e. The summed E-state index contributed by atoms with van der Waals surface area (Å²) in [5, 5.41) is 4.16. The Morgan fingerprint density at radius 3 is 2.93 bits per heavy atom. The second-order valence-electron chi connectivity index (χ2n) is 4.33. The van der Waals surface area contributed by atoms with E-state index < -0.39 is 0 Å². The predicted octanol–water partition coefficient (Wildman–Crippen LogP) is 2.28. The molecule has 0 radical (unpaired) electrons. The lowest BCUT2D eigenvalue weighted by Gasteiger charge is -2.09. The lowest BCUT2D eigenvalue weighted by molar-refractivity contribution is 0.0901. The maximum absolute atomic E-state index is 12.0. The summed E-state index contributed by atoms with van der Waals surface area (Å²) in [7, 11) is 0. The molecule has 3 nitrogen and oxygen atoms in total. The van der Waals surface area contributed by atoms with Gasteiger partial charge in [-0.15, -0.1) is 0 Å². The van der Waals surface area contributed by atoms with Crippen LogP contribution >= 0.6 is 0 Å². The molecule has 14 heavy (non-hydrogen) atoms. The van der Waals surface area contributed by atoms with Crippen LogP contribution in [0.5, 0.6) is 0 Å². The van der Waals surface area contributed by atoms with Crippen molar-refractivity contribution in [2.75, 3.05) is 0 Å². The summed E-state index contributed by atoms with van der Waals surface area (Å²) < 4.78 is 1.83. The van der Waals surface area contributed by atoms with Crippen LogP contribution in [0.4, 0.5) is 0 Å². The highest BCUT2D eigenvalue weighted by Crippen LogP contribution is 2.47. The van der Waals surface area contributed by atoms with Crippen molar-refractivity contribution >= 4 is 5.78 Å². The van der Waals surface area contributed by atoms with Crippen LogP contribution in [0.15, 0.2) is 12.3 Å². The van der Waals surface area contributed by atoms with Crippen LogP contribution in [0, 0.1) is 5.41 Å². The fourth-order valence-corrected chi connectivity index (χ4v) is 1.64. The Hall–Kier alpha value is -1.12. The zero-order valence-corrected chi connectivity index (χ0v) is 8.79. The van der Waals surface area contributed by atoms with E-state index in [0.29, 0.717) is 0 Å². The number of aromatic nitrogens is 2. The molecular weight excluding hydrogens is 176 g/mol. The molecular formula is C11H16N2O. The predicted molar refractivity (Wildman–Crippen MR) is 54.2 cm³/mol. The van der Waals surface area contributed by atoms with Crippen LogP contribution < -0.4 is 0 Å². The van der Waals surface area contributed by atoms with Gasteiger partial charge >= 0.3 is 0 Å². The van der Waals surface area contributed by atoms with Crippen molar-refractivity contribution in [2.24, 2.45) is 5.41 Å². The van der Waals surface area contributed by atoms with Crippen LogP contribution in [-0.4, -0.2) is 15.6 Å². The molecule has 1 heterocycles. The molecule has 1 saturated carbocycles. The van der Waals surface area contributed by atoms with Crippen LogP contribution in [0.1, 0.15) is 43.6 Å². The van der Waals surface area contributed by atoms with E-state index in [1.54, 1.807) is 6.20 Å². The SMILES string of the molecule is CCCn1nccc1C(=O)C1(C)CC1. The van der Waals surface area contributed by atoms with Crippen molar-refractivity contribution in [2.45, 2.75) is 39.7 Å². The fraction of sp³-hybridized carbons (Fsp3) is 0.636. The number of rotatable bonds is 4. The maximum Gasteiger partial charge on any atom is 0.186 e. The lowest BCUT2D eigenvalue weighted by atomic mass is 10.0. The smallest absolute Gasteiger partial charge is 0.186 e. The first-order chi connectivity index (χ1) is 6.67. The zero-order chi connectivity index (χ0) is 10.2. The first-order valence-electron chi connectivity index (χ1n) is 5.24. The van der Waals surface area contributed by atoms with E-state index >= 15 is 0 Å². The van der Waals surface area contributed by atoms with Crippen LogP contribution in [0.3, 0.4) is 0 Å². The summed E-state index contributed by atoms with van der Waals surface area (Å²) in [6, 6.07) is 1.83. The van der Waals surface area contributed by atoms with E-state index in [1.165, 1.54) is 0 Å². The number of nitrogens with zero attached hydrogens (tertiary/aromatic N) is 2. The van der Waals surface area contributed by atoms with Gasteiger partial charge in [-0.2, -0.15) is 5.10 Å². The Morgan fingerprint density at radius 2 is 2.36 bits per heavy atom. The quantitative estimate of drug-likeness (QED) is 0.686. The number of ketones is 1. The van der Waals surface area contributed by atoms with Gasteiger partial charge in [-0.25, -0.2) is 0 Å². The molecule has 1 aromatic heterocycles. The van der Waals surface area contributed by atoms with Gasteiger partial charge in [0.1, 0.15) is 5.69 Å². The molecule has 0 spiro atoms. The van der Waals surface area contributed by atoms with Gasteiger partial charge in [0, 0.05) is 18.2 Å². The second-order valence-corrected chi connectivity index (χ2v) is 4.33. The zero-order valence-electron chi connectivity index (χ0n) is 8.79. The van der Waals surface area contributed by atoms with E-state index in [-0.39, 0.29) is 11.2 Å². The molecule has 1 aliphatic carbocycles. The Labute approximate surface area is 84.1 Å². The molecule has 0 aromatic carbocycles. The minimum absolute atomic E-state index is 0.0779. The highest BCUT2D eigenvalue weighted by molar-refractivity contribution is 6.00. The molecule has 3 heteroatoms. The van der Waals surface area contributed by atoms with Gasteiger partial charge in [0.25, 0.3) is 0 Å². The molecule has 0 N–H and O–H groups in total. The molecule has 0 atom stereocenters. The van der Waals surface area contributed by atoms with Gasteiger partial charge in [-0.05, 0) is 25.3 Å². The Balaban J connectivity index is 2.22. The molecule has 1 aliphatic rings.